The number of fused-ring (bicyclic) bond motifs is 1. The highest BCUT2D eigenvalue weighted by molar-refractivity contribution is 5.92. The third-order valence-electron chi connectivity index (χ3n) is 6.92. The molecule has 1 atom stereocenters. The molecule has 1 aromatic carbocycles. The highest BCUT2D eigenvalue weighted by Gasteiger charge is 2.42. The van der Waals surface area contributed by atoms with Crippen molar-refractivity contribution >= 4 is 16.8 Å². The van der Waals surface area contributed by atoms with E-state index in [1.807, 2.05) is 7.05 Å². The number of para-hydroxylation sites is 1. The monoisotopic (exact) mass is 421 g/mol. The largest absolute Gasteiger partial charge is 0.370 e. The molecule has 5 rings (SSSR count). The van der Waals surface area contributed by atoms with E-state index in [2.05, 4.69) is 57.4 Å². The van der Waals surface area contributed by atoms with Crippen LogP contribution in [0.4, 0.5) is 0 Å². The average molecular weight is 422 g/mol. The first-order valence-electron chi connectivity index (χ1n) is 11.2. The summed E-state index contributed by atoms with van der Waals surface area (Å²) >= 11 is 0. The van der Waals surface area contributed by atoms with Crippen LogP contribution in [0, 0.1) is 0 Å². The summed E-state index contributed by atoms with van der Waals surface area (Å²) in [5.41, 5.74) is 3.13. The van der Waals surface area contributed by atoms with E-state index in [4.69, 9.17) is 4.74 Å². The zero-order chi connectivity index (χ0) is 21.4. The van der Waals surface area contributed by atoms with Gasteiger partial charge in [-0.15, -0.1) is 0 Å². The summed E-state index contributed by atoms with van der Waals surface area (Å²) in [6, 6.07) is 10.4. The fourth-order valence-corrected chi connectivity index (χ4v) is 5.15. The van der Waals surface area contributed by atoms with Gasteiger partial charge in [-0.1, -0.05) is 18.2 Å². The number of piperidine rings is 1. The van der Waals surface area contributed by atoms with E-state index >= 15 is 0 Å². The summed E-state index contributed by atoms with van der Waals surface area (Å²) in [4.78, 5) is 14.8. The lowest BCUT2D eigenvalue weighted by molar-refractivity contribution is -0.0764. The zero-order valence-electron chi connectivity index (χ0n) is 18.4. The predicted molar refractivity (Wildman–Crippen MR) is 120 cm³/mol. The average Bonchev–Trinajstić information content (AvgIpc) is 3.47. The Morgan fingerprint density at radius 3 is 2.77 bits per heavy atom. The minimum absolute atomic E-state index is 0.0182. The number of nitrogens with one attached hydrogen (secondary N) is 1. The molecule has 31 heavy (non-hydrogen) atoms. The molecule has 2 aliphatic rings. The first-order valence-corrected chi connectivity index (χ1v) is 11.2. The summed E-state index contributed by atoms with van der Waals surface area (Å²) in [7, 11) is 3.93. The van der Waals surface area contributed by atoms with Gasteiger partial charge in [0.2, 0.25) is 0 Å². The highest BCUT2D eigenvalue weighted by atomic mass is 16.5. The number of aryl methyl sites for hydroxylation is 2. The van der Waals surface area contributed by atoms with Crippen LogP contribution in [0.15, 0.2) is 42.7 Å². The van der Waals surface area contributed by atoms with Crippen LogP contribution in [0.25, 0.3) is 10.9 Å². The molecule has 3 aromatic rings. The maximum Gasteiger partial charge on any atom is 0.271 e. The molecule has 7 heteroatoms. The third kappa shape index (κ3) is 4.12. The smallest absolute Gasteiger partial charge is 0.271 e. The van der Waals surface area contributed by atoms with Gasteiger partial charge < -0.3 is 14.6 Å². The van der Waals surface area contributed by atoms with Gasteiger partial charge in [0.25, 0.3) is 5.91 Å². The maximum absolute atomic E-state index is 12.2. The van der Waals surface area contributed by atoms with Crippen molar-refractivity contribution in [1.82, 2.24) is 24.6 Å². The zero-order valence-corrected chi connectivity index (χ0v) is 18.4. The second kappa shape index (κ2) is 8.13. The van der Waals surface area contributed by atoms with E-state index < -0.39 is 0 Å². The lowest BCUT2D eigenvalue weighted by atomic mass is 9.88. The normalized spacial score (nSPS) is 21.2. The Kier molecular flexibility index (Phi) is 5.32. The molecule has 1 spiro atoms. The van der Waals surface area contributed by atoms with Gasteiger partial charge in [-0.05, 0) is 43.4 Å². The summed E-state index contributed by atoms with van der Waals surface area (Å²) < 4.78 is 10.3. The number of nitrogens with zero attached hydrogens (tertiary/aromatic N) is 4. The molecule has 164 valence electrons. The van der Waals surface area contributed by atoms with Gasteiger partial charge >= 0.3 is 0 Å². The van der Waals surface area contributed by atoms with Crippen LogP contribution in [-0.2, 0) is 25.4 Å². The molecule has 2 aromatic heterocycles. The number of hydrogen-bond acceptors (Lipinski definition) is 4. The molecule has 2 saturated heterocycles. The molecule has 0 aliphatic carbocycles. The van der Waals surface area contributed by atoms with E-state index in [0.717, 1.165) is 45.3 Å². The Morgan fingerprint density at radius 1 is 1.19 bits per heavy atom. The Bertz CT molecular complexity index is 1080. The number of rotatable bonds is 5. The van der Waals surface area contributed by atoms with E-state index in [-0.39, 0.29) is 17.6 Å². The molecule has 2 aliphatic heterocycles. The maximum atomic E-state index is 12.2. The quantitative estimate of drug-likeness (QED) is 0.688. The molecule has 1 amide bonds. The number of carbonyl (C=O) groups excluding carboxylic acids is 1. The predicted octanol–water partition coefficient (Wildman–Crippen LogP) is 2.86. The van der Waals surface area contributed by atoms with Crippen molar-refractivity contribution in [3.63, 3.8) is 0 Å². The van der Waals surface area contributed by atoms with Crippen LogP contribution in [0.5, 0.6) is 0 Å². The number of amides is 1. The summed E-state index contributed by atoms with van der Waals surface area (Å²) in [6.07, 6.45) is 8.34. The molecule has 0 bridgehead atoms. The number of aromatic nitrogens is 3. The third-order valence-corrected chi connectivity index (χ3v) is 6.92. The Labute approximate surface area is 183 Å². The molecule has 4 heterocycles. The highest BCUT2D eigenvalue weighted by Crippen LogP contribution is 2.39. The van der Waals surface area contributed by atoms with Crippen molar-refractivity contribution in [2.24, 2.45) is 14.1 Å². The van der Waals surface area contributed by atoms with Gasteiger partial charge in [0.1, 0.15) is 5.69 Å². The minimum atomic E-state index is -0.130. The van der Waals surface area contributed by atoms with Crippen molar-refractivity contribution in [1.29, 1.82) is 0 Å². The van der Waals surface area contributed by atoms with Crippen molar-refractivity contribution in [2.45, 2.75) is 43.9 Å². The SMILES string of the molecule is Cn1ccc(C(=O)NCC2CCC3(CCN(Cc4cn(C)c5ccccc45)CC3)O2)n1. The molecule has 7 nitrogen and oxygen atoms in total. The van der Waals surface area contributed by atoms with E-state index in [9.17, 15) is 4.79 Å². The topological polar surface area (TPSA) is 64.3 Å². The molecule has 1 N–H and O–H groups in total. The first kappa shape index (κ1) is 20.3. The summed E-state index contributed by atoms with van der Waals surface area (Å²) in [5, 5.41) is 8.50. The van der Waals surface area contributed by atoms with Gasteiger partial charge in [0.05, 0.1) is 11.7 Å². The van der Waals surface area contributed by atoms with Crippen molar-refractivity contribution < 1.29 is 9.53 Å². The molecule has 1 unspecified atom stereocenters. The van der Waals surface area contributed by atoms with Gasteiger partial charge in [0, 0.05) is 63.6 Å². The molecule has 0 radical (unpaired) electrons. The number of hydrogen-bond donors (Lipinski definition) is 1. The molecule has 0 saturated carbocycles. The fourth-order valence-electron chi connectivity index (χ4n) is 5.15. The standard InChI is InChI=1S/C24H31N5O2/c1-27-16-18(20-5-3-4-6-22(20)27)17-29-13-10-24(11-14-29)9-7-19(31-24)15-25-23(30)21-8-12-28(2)26-21/h3-6,8,12,16,19H,7,9-11,13-15,17H2,1-2H3,(H,25,30). The van der Waals surface area contributed by atoms with Gasteiger partial charge in [-0.3, -0.25) is 14.4 Å². The van der Waals surface area contributed by atoms with Crippen LogP contribution in [0.1, 0.15) is 41.7 Å². The van der Waals surface area contributed by atoms with Crippen molar-refractivity contribution in [2.75, 3.05) is 19.6 Å². The second-order valence-corrected chi connectivity index (χ2v) is 9.10. The molecular formula is C24H31N5O2. The molecule has 2 fully saturated rings. The number of carbonyl (C=O) groups is 1. The Hall–Kier alpha value is -2.64. The number of benzene rings is 1. The van der Waals surface area contributed by atoms with Crippen LogP contribution >= 0.6 is 0 Å². The van der Waals surface area contributed by atoms with E-state index in [1.54, 1.807) is 16.9 Å². The van der Waals surface area contributed by atoms with Crippen molar-refractivity contribution in [3.05, 3.63) is 54.0 Å². The summed E-state index contributed by atoms with van der Waals surface area (Å²) in [6.45, 7) is 3.64. The lowest BCUT2D eigenvalue weighted by Gasteiger charge is -2.39. The van der Waals surface area contributed by atoms with Gasteiger partial charge in [-0.25, -0.2) is 0 Å². The van der Waals surface area contributed by atoms with Crippen LogP contribution in [0.3, 0.4) is 0 Å². The Morgan fingerprint density at radius 2 is 2.00 bits per heavy atom. The van der Waals surface area contributed by atoms with Crippen LogP contribution in [-0.4, -0.2) is 56.5 Å². The van der Waals surface area contributed by atoms with Crippen molar-refractivity contribution in [3.8, 4) is 0 Å². The lowest BCUT2D eigenvalue weighted by Crippen LogP contribution is -2.44. The number of likely N-dealkylation sites (tertiary alicyclic amines) is 1. The first-order chi connectivity index (χ1) is 15.0. The van der Waals surface area contributed by atoms with Crippen LogP contribution < -0.4 is 5.32 Å². The minimum Gasteiger partial charge on any atom is -0.370 e. The van der Waals surface area contributed by atoms with Gasteiger partial charge in [0.15, 0.2) is 0 Å². The van der Waals surface area contributed by atoms with E-state index in [1.165, 1.54) is 16.5 Å². The van der Waals surface area contributed by atoms with Gasteiger partial charge in [-0.2, -0.15) is 5.10 Å². The number of ether oxygens (including phenoxy) is 1. The van der Waals surface area contributed by atoms with E-state index in [0.29, 0.717) is 12.2 Å². The Balaban J connectivity index is 1.13. The molecular weight excluding hydrogens is 390 g/mol. The fraction of sp³-hybridized carbons (Fsp3) is 0.500. The second-order valence-electron chi connectivity index (χ2n) is 9.10. The van der Waals surface area contributed by atoms with Crippen LogP contribution in [0.2, 0.25) is 0 Å². The summed E-state index contributed by atoms with van der Waals surface area (Å²) in [5.74, 6) is -0.130.